The average molecular weight is 671 g/mol. The van der Waals surface area contributed by atoms with Crippen LogP contribution in [-0.4, -0.2) is 88.4 Å². The summed E-state index contributed by atoms with van der Waals surface area (Å²) < 4.78 is 0. The molecule has 1 aromatic heterocycles. The number of fused-ring (bicyclic) bond motifs is 1. The van der Waals surface area contributed by atoms with E-state index in [1.165, 1.54) is 12.5 Å². The minimum absolute atomic E-state index is 0.0194. The van der Waals surface area contributed by atoms with Gasteiger partial charge in [-0.3, -0.25) is 19.4 Å². The number of allylic oxidation sites excluding steroid dienone is 2. The zero-order valence-electron chi connectivity index (χ0n) is 28.4. The third-order valence-corrected chi connectivity index (χ3v) is 9.75. The van der Waals surface area contributed by atoms with Crippen molar-refractivity contribution in [2.45, 2.75) is 82.6 Å². The van der Waals surface area contributed by atoms with Crippen LogP contribution in [0.25, 0.3) is 0 Å². The van der Waals surface area contributed by atoms with Crippen molar-refractivity contribution >= 4 is 23.7 Å². The molecule has 13 nitrogen and oxygen atoms in total. The quantitative estimate of drug-likeness (QED) is 0.0833. The highest BCUT2D eigenvalue weighted by molar-refractivity contribution is 5.87. The highest BCUT2D eigenvalue weighted by atomic mass is 16.2. The van der Waals surface area contributed by atoms with Crippen molar-refractivity contribution in [2.24, 2.45) is 21.9 Å². The Labute approximate surface area is 288 Å². The third-order valence-electron chi connectivity index (χ3n) is 9.75. The van der Waals surface area contributed by atoms with Crippen LogP contribution in [0.2, 0.25) is 0 Å². The van der Waals surface area contributed by atoms with Gasteiger partial charge in [0.1, 0.15) is 6.04 Å². The molecule has 0 radical (unpaired) electrons. The van der Waals surface area contributed by atoms with Crippen molar-refractivity contribution in [3.05, 3.63) is 90.2 Å². The predicted octanol–water partition coefficient (Wildman–Crippen LogP) is 1.18. The van der Waals surface area contributed by atoms with E-state index >= 15 is 0 Å². The summed E-state index contributed by atoms with van der Waals surface area (Å²) in [6, 6.07) is 8.25. The lowest BCUT2D eigenvalue weighted by molar-refractivity contribution is -0.132. The Bertz CT molecular complexity index is 1550. The normalized spacial score (nSPS) is 24.2. The van der Waals surface area contributed by atoms with Gasteiger partial charge in [0.05, 0.1) is 18.4 Å². The molecule has 13 heteroatoms. The zero-order valence-corrected chi connectivity index (χ0v) is 28.4. The topological polar surface area (TPSA) is 196 Å². The molecule has 2 unspecified atom stereocenters. The van der Waals surface area contributed by atoms with Gasteiger partial charge in [-0.05, 0) is 56.4 Å². The van der Waals surface area contributed by atoms with Crippen LogP contribution in [-0.2, 0) is 27.2 Å². The largest absolute Gasteiger partial charge is 0.383 e. The Balaban J connectivity index is 1.36. The molecule has 262 valence electrons. The molecule has 2 aromatic rings. The number of hydrogen-bond acceptors (Lipinski definition) is 7. The number of hydrogen-bond donors (Lipinski definition) is 7. The summed E-state index contributed by atoms with van der Waals surface area (Å²) in [6.45, 7) is 5.15. The summed E-state index contributed by atoms with van der Waals surface area (Å²) in [6.07, 6.45) is 17.1. The molecule has 3 aliphatic rings. The van der Waals surface area contributed by atoms with Crippen LogP contribution < -0.4 is 32.7 Å². The van der Waals surface area contributed by atoms with Crippen molar-refractivity contribution in [2.75, 3.05) is 19.6 Å². The van der Waals surface area contributed by atoms with E-state index in [1.807, 2.05) is 35.2 Å². The summed E-state index contributed by atoms with van der Waals surface area (Å²) in [4.78, 5) is 53.4. The maximum Gasteiger partial charge on any atom is 0.243 e. The summed E-state index contributed by atoms with van der Waals surface area (Å²) >= 11 is 0. The maximum absolute atomic E-state index is 14.2. The number of carbonyl (C=O) groups excluding carboxylic acids is 3. The first-order valence-electron chi connectivity index (χ1n) is 17.1. The Kier molecular flexibility index (Phi) is 11.9. The van der Waals surface area contributed by atoms with E-state index in [-0.39, 0.29) is 53.6 Å². The minimum atomic E-state index is -0.808. The van der Waals surface area contributed by atoms with Crippen molar-refractivity contribution in [3.63, 3.8) is 0 Å². The Morgan fingerprint density at radius 2 is 1.98 bits per heavy atom. The predicted molar refractivity (Wildman–Crippen MR) is 190 cm³/mol. The van der Waals surface area contributed by atoms with Gasteiger partial charge in [0.2, 0.25) is 17.7 Å². The maximum atomic E-state index is 14.2. The number of guanidine groups is 1. The summed E-state index contributed by atoms with van der Waals surface area (Å²) in [5.74, 6) is -0.561. The van der Waals surface area contributed by atoms with Crippen molar-refractivity contribution in [3.8, 4) is 0 Å². The molecule has 6 atom stereocenters. The van der Waals surface area contributed by atoms with E-state index in [1.54, 1.807) is 12.5 Å². The van der Waals surface area contributed by atoms with Crippen LogP contribution >= 0.6 is 0 Å². The van der Waals surface area contributed by atoms with Gasteiger partial charge in [0.15, 0.2) is 5.96 Å². The van der Waals surface area contributed by atoms with Crippen molar-refractivity contribution in [1.82, 2.24) is 36.1 Å². The van der Waals surface area contributed by atoms with Gasteiger partial charge >= 0.3 is 0 Å². The molecule has 3 amide bonds. The number of aromatic amines is 1. The first kappa shape index (κ1) is 35.4. The number of aromatic nitrogens is 2. The molecule has 9 N–H and O–H groups in total. The third kappa shape index (κ3) is 9.38. The fourth-order valence-electron chi connectivity index (χ4n) is 7.02. The lowest BCUT2D eigenvalue weighted by atomic mass is 9.74. The molecule has 0 spiro atoms. The van der Waals surface area contributed by atoms with Crippen LogP contribution in [0.4, 0.5) is 0 Å². The molecule has 49 heavy (non-hydrogen) atoms. The van der Waals surface area contributed by atoms with Gasteiger partial charge in [0, 0.05) is 62.4 Å². The molecule has 0 saturated carbocycles. The summed E-state index contributed by atoms with van der Waals surface area (Å²) in [5, 5.41) is 13.2. The number of nitrogens with two attached hydrogens (primary N) is 2. The van der Waals surface area contributed by atoms with E-state index in [9.17, 15) is 14.4 Å². The van der Waals surface area contributed by atoms with Gasteiger partial charge in [0.25, 0.3) is 0 Å². The number of amides is 3. The number of carbonyl (C=O) groups is 3. The van der Waals surface area contributed by atoms with Gasteiger partial charge in [-0.1, -0.05) is 54.6 Å². The second-order valence-electron chi connectivity index (χ2n) is 13.3. The van der Waals surface area contributed by atoms with E-state index in [2.05, 4.69) is 73.7 Å². The zero-order chi connectivity index (χ0) is 34.8. The van der Waals surface area contributed by atoms with E-state index in [4.69, 9.17) is 11.5 Å². The van der Waals surface area contributed by atoms with Crippen molar-refractivity contribution < 1.29 is 14.4 Å². The highest BCUT2D eigenvalue weighted by Gasteiger charge is 2.40. The fourth-order valence-corrected chi connectivity index (χ4v) is 7.02. The average Bonchev–Trinajstić information content (AvgIpc) is 3.67. The van der Waals surface area contributed by atoms with E-state index in [0.29, 0.717) is 45.3 Å². The number of aliphatic imine (C=N–C) groups is 1. The summed E-state index contributed by atoms with van der Waals surface area (Å²) in [7, 11) is 0. The second kappa shape index (κ2) is 16.5. The van der Waals surface area contributed by atoms with Gasteiger partial charge in [-0.2, -0.15) is 0 Å². The molecule has 1 aliphatic carbocycles. The number of imidazole rings is 1. The molecule has 3 heterocycles. The lowest BCUT2D eigenvalue weighted by Gasteiger charge is -2.32. The second-order valence-corrected chi connectivity index (χ2v) is 13.3. The van der Waals surface area contributed by atoms with Crippen LogP contribution in [0, 0.1) is 5.41 Å². The van der Waals surface area contributed by atoms with Crippen LogP contribution in [0.1, 0.15) is 50.8 Å². The fraction of sp³-hybridized carbons (Fsp3) is 0.472. The number of rotatable bonds is 15. The molecule has 1 aromatic carbocycles. The lowest BCUT2D eigenvalue weighted by Crippen LogP contribution is -2.58. The molecule has 2 aliphatic heterocycles. The smallest absolute Gasteiger partial charge is 0.243 e. The molecular formula is C36H50N10O3. The summed E-state index contributed by atoms with van der Waals surface area (Å²) in [5.41, 5.74) is 14.0. The Morgan fingerprint density at radius 3 is 2.71 bits per heavy atom. The minimum Gasteiger partial charge on any atom is -0.383 e. The van der Waals surface area contributed by atoms with E-state index in [0.717, 1.165) is 17.7 Å². The van der Waals surface area contributed by atoms with Crippen LogP contribution in [0.5, 0.6) is 0 Å². The SMILES string of the molecule is CC(=O)N[C@@H](Cc1cnc[nH]1)C(=O)N[C@H](Cc1ccccc1)[C@@H]1CCN(CCC2=CNC3C=CC=CC23C)C(=O)[C@H](CCCN=C(N)N)N1. The van der Waals surface area contributed by atoms with Gasteiger partial charge < -0.3 is 42.6 Å². The molecular weight excluding hydrogens is 620 g/mol. The van der Waals surface area contributed by atoms with E-state index < -0.39 is 12.1 Å². The monoisotopic (exact) mass is 670 g/mol. The molecule has 1 fully saturated rings. The number of nitrogens with one attached hydrogen (secondary N) is 5. The van der Waals surface area contributed by atoms with Crippen LogP contribution in [0.15, 0.2) is 83.9 Å². The number of benzene rings is 1. The Morgan fingerprint density at radius 1 is 1.16 bits per heavy atom. The van der Waals surface area contributed by atoms with Crippen molar-refractivity contribution in [1.29, 1.82) is 0 Å². The molecule has 1 saturated heterocycles. The number of H-pyrrole nitrogens is 1. The number of nitrogens with zero attached hydrogens (tertiary/aromatic N) is 3. The molecule has 5 rings (SSSR count). The highest BCUT2D eigenvalue weighted by Crippen LogP contribution is 2.41. The van der Waals surface area contributed by atoms with Gasteiger partial charge in [-0.15, -0.1) is 0 Å². The van der Waals surface area contributed by atoms with Crippen LogP contribution in [0.3, 0.4) is 0 Å². The van der Waals surface area contributed by atoms with Gasteiger partial charge in [-0.25, -0.2) is 4.98 Å². The first-order chi connectivity index (χ1) is 23.6. The molecule has 0 bridgehead atoms. The Hall–Kier alpha value is -4.91. The standard InChI is InChI=1S/C36H50N10O3/c1-24(47)43-31(20-27-22-39-23-42-27)33(48)45-30(19-25-9-4-3-5-10-25)28-14-18-46(34(49)29(44-28)11-8-16-40-35(37)38)17-13-26-21-41-32-12-6-7-15-36(26,32)2/h3-7,9-10,12,15,21-23,28-32,41,44H,8,11,13-14,16-20H2,1-2H3,(H,39,42)(H,43,47)(H,45,48)(H4,37,38,40)/t28-,29-,30+,31-,32?,36?/m0/s1. The first-order valence-corrected chi connectivity index (χ1v) is 17.1.